The van der Waals surface area contributed by atoms with E-state index in [1.165, 1.54) is 6.07 Å². The second kappa shape index (κ2) is 6.41. The van der Waals surface area contributed by atoms with Crippen molar-refractivity contribution in [2.24, 2.45) is 0 Å². The number of nitrogens with one attached hydrogen (secondary N) is 2. The Morgan fingerprint density at radius 1 is 1.32 bits per heavy atom. The maximum Gasteiger partial charge on any atom is 0.291 e. The molecular weight excluding hydrogens is 264 g/mol. The molecule has 1 aromatic heterocycles. The molecule has 0 spiro atoms. The smallest absolute Gasteiger partial charge is 0.291 e. The Bertz CT molecular complexity index is 566. The first-order chi connectivity index (χ1) is 9.19. The number of carbonyl (C=O) groups excluding carboxylic acids is 1. The first kappa shape index (κ1) is 13.6. The molecule has 0 saturated carbocycles. The Labute approximate surface area is 116 Å². The number of furan rings is 1. The molecule has 1 amide bonds. The van der Waals surface area contributed by atoms with Crippen LogP contribution in [-0.2, 0) is 6.54 Å². The molecule has 0 radical (unpaired) electrons. The SMILES string of the molecule is CCNCc1cccc(NC(=O)c2ccc(Cl)o2)c1. The number of anilines is 1. The topological polar surface area (TPSA) is 54.3 Å². The van der Waals surface area contributed by atoms with Gasteiger partial charge in [0.25, 0.3) is 5.91 Å². The van der Waals surface area contributed by atoms with Gasteiger partial charge in [0, 0.05) is 12.2 Å². The van der Waals surface area contributed by atoms with Crippen molar-refractivity contribution in [1.82, 2.24) is 5.32 Å². The van der Waals surface area contributed by atoms with Gasteiger partial charge in [0.2, 0.25) is 0 Å². The zero-order valence-corrected chi connectivity index (χ0v) is 11.3. The van der Waals surface area contributed by atoms with E-state index >= 15 is 0 Å². The molecule has 4 nitrogen and oxygen atoms in total. The molecule has 0 bridgehead atoms. The fraction of sp³-hybridized carbons (Fsp3) is 0.214. The van der Waals surface area contributed by atoms with Gasteiger partial charge < -0.3 is 15.1 Å². The molecule has 1 heterocycles. The van der Waals surface area contributed by atoms with E-state index < -0.39 is 0 Å². The number of rotatable bonds is 5. The minimum absolute atomic E-state index is 0.196. The van der Waals surface area contributed by atoms with Crippen molar-refractivity contribution in [3.8, 4) is 0 Å². The summed E-state index contributed by atoms with van der Waals surface area (Å²) in [4.78, 5) is 11.9. The molecule has 5 heteroatoms. The summed E-state index contributed by atoms with van der Waals surface area (Å²) in [6, 6.07) is 10.7. The Morgan fingerprint density at radius 2 is 2.16 bits per heavy atom. The van der Waals surface area contributed by atoms with Crippen LogP contribution in [0.3, 0.4) is 0 Å². The number of amides is 1. The molecule has 2 aromatic rings. The summed E-state index contributed by atoms with van der Waals surface area (Å²) in [7, 11) is 0. The van der Waals surface area contributed by atoms with E-state index in [1.54, 1.807) is 6.07 Å². The van der Waals surface area contributed by atoms with Gasteiger partial charge in [0.05, 0.1) is 0 Å². The third-order valence-electron chi connectivity index (χ3n) is 2.56. The van der Waals surface area contributed by atoms with Crippen LogP contribution in [0.5, 0.6) is 0 Å². The monoisotopic (exact) mass is 278 g/mol. The second-order valence-electron chi connectivity index (χ2n) is 4.04. The third-order valence-corrected chi connectivity index (χ3v) is 2.76. The van der Waals surface area contributed by atoms with Gasteiger partial charge in [-0.1, -0.05) is 19.1 Å². The number of benzene rings is 1. The normalized spacial score (nSPS) is 10.4. The summed E-state index contributed by atoms with van der Waals surface area (Å²) in [6.07, 6.45) is 0. The van der Waals surface area contributed by atoms with Gasteiger partial charge in [0.1, 0.15) is 0 Å². The Morgan fingerprint density at radius 3 is 2.84 bits per heavy atom. The van der Waals surface area contributed by atoms with Gasteiger partial charge >= 0.3 is 0 Å². The highest BCUT2D eigenvalue weighted by Crippen LogP contribution is 2.16. The number of halogens is 1. The lowest BCUT2D eigenvalue weighted by Gasteiger charge is -2.06. The van der Waals surface area contributed by atoms with Crippen LogP contribution in [0.25, 0.3) is 0 Å². The largest absolute Gasteiger partial charge is 0.440 e. The van der Waals surface area contributed by atoms with E-state index in [4.69, 9.17) is 16.0 Å². The van der Waals surface area contributed by atoms with Crippen LogP contribution < -0.4 is 10.6 Å². The van der Waals surface area contributed by atoms with Gasteiger partial charge in [-0.2, -0.15) is 0 Å². The van der Waals surface area contributed by atoms with E-state index in [2.05, 4.69) is 10.6 Å². The Balaban J connectivity index is 2.04. The fourth-order valence-corrected chi connectivity index (χ4v) is 1.80. The summed E-state index contributed by atoms with van der Waals surface area (Å²) in [5.74, 6) is -0.116. The fourth-order valence-electron chi connectivity index (χ4n) is 1.66. The Kier molecular flexibility index (Phi) is 4.60. The van der Waals surface area contributed by atoms with E-state index in [9.17, 15) is 4.79 Å². The van der Waals surface area contributed by atoms with Crippen LogP contribution in [0.15, 0.2) is 40.8 Å². The summed E-state index contributed by atoms with van der Waals surface area (Å²) in [5, 5.41) is 6.20. The predicted octanol–water partition coefficient (Wildman–Crippen LogP) is 3.29. The van der Waals surface area contributed by atoms with E-state index in [-0.39, 0.29) is 16.9 Å². The lowest BCUT2D eigenvalue weighted by atomic mass is 10.2. The molecule has 0 unspecified atom stereocenters. The van der Waals surface area contributed by atoms with Crippen LogP contribution in [0.2, 0.25) is 5.22 Å². The Hall–Kier alpha value is -1.78. The molecule has 2 N–H and O–H groups in total. The molecule has 0 aliphatic carbocycles. The van der Waals surface area contributed by atoms with Crippen molar-refractivity contribution in [2.75, 3.05) is 11.9 Å². The quantitative estimate of drug-likeness (QED) is 0.882. The first-order valence-corrected chi connectivity index (χ1v) is 6.43. The molecular formula is C14H15ClN2O2. The highest BCUT2D eigenvalue weighted by atomic mass is 35.5. The van der Waals surface area contributed by atoms with Gasteiger partial charge in [-0.3, -0.25) is 4.79 Å². The third kappa shape index (κ3) is 3.84. The second-order valence-corrected chi connectivity index (χ2v) is 4.41. The molecule has 0 aliphatic heterocycles. The van der Waals surface area contributed by atoms with Crippen molar-refractivity contribution < 1.29 is 9.21 Å². The highest BCUT2D eigenvalue weighted by molar-refractivity contribution is 6.29. The summed E-state index contributed by atoms with van der Waals surface area (Å²) in [6.45, 7) is 3.72. The zero-order chi connectivity index (χ0) is 13.7. The van der Waals surface area contributed by atoms with Crippen LogP contribution in [-0.4, -0.2) is 12.5 Å². The van der Waals surface area contributed by atoms with Crippen molar-refractivity contribution in [3.63, 3.8) is 0 Å². The standard InChI is InChI=1S/C14H15ClN2O2/c1-2-16-9-10-4-3-5-11(8-10)17-14(18)12-6-7-13(15)19-12/h3-8,16H,2,9H2,1H3,(H,17,18). The summed E-state index contributed by atoms with van der Waals surface area (Å²) in [5.41, 5.74) is 1.84. The lowest BCUT2D eigenvalue weighted by molar-refractivity contribution is 0.0997. The predicted molar refractivity (Wildman–Crippen MR) is 75.5 cm³/mol. The number of carbonyl (C=O) groups is 1. The maximum absolute atomic E-state index is 11.9. The maximum atomic E-state index is 11.9. The molecule has 19 heavy (non-hydrogen) atoms. The van der Waals surface area contributed by atoms with Crippen molar-refractivity contribution in [3.05, 3.63) is 52.9 Å². The van der Waals surface area contributed by atoms with Crippen molar-refractivity contribution >= 4 is 23.2 Å². The van der Waals surface area contributed by atoms with Gasteiger partial charge in [-0.05, 0) is 48.0 Å². The van der Waals surface area contributed by atoms with Gasteiger partial charge in [0.15, 0.2) is 11.0 Å². The van der Waals surface area contributed by atoms with Gasteiger partial charge in [-0.15, -0.1) is 0 Å². The molecule has 0 saturated heterocycles. The number of hydrogen-bond acceptors (Lipinski definition) is 3. The van der Waals surface area contributed by atoms with E-state index in [1.807, 2.05) is 31.2 Å². The van der Waals surface area contributed by atoms with E-state index in [0.29, 0.717) is 0 Å². The summed E-state index contributed by atoms with van der Waals surface area (Å²) < 4.78 is 5.05. The van der Waals surface area contributed by atoms with Crippen molar-refractivity contribution in [2.45, 2.75) is 13.5 Å². The minimum atomic E-state index is -0.312. The van der Waals surface area contributed by atoms with Crippen LogP contribution >= 0.6 is 11.6 Å². The lowest BCUT2D eigenvalue weighted by Crippen LogP contribution is -2.13. The van der Waals surface area contributed by atoms with Gasteiger partial charge in [-0.25, -0.2) is 0 Å². The molecule has 0 atom stereocenters. The first-order valence-electron chi connectivity index (χ1n) is 6.05. The van der Waals surface area contributed by atoms with Crippen LogP contribution in [0, 0.1) is 0 Å². The molecule has 100 valence electrons. The average molecular weight is 279 g/mol. The molecule has 2 rings (SSSR count). The molecule has 0 aliphatic rings. The molecule has 1 aromatic carbocycles. The molecule has 0 fully saturated rings. The van der Waals surface area contributed by atoms with E-state index in [0.717, 1.165) is 24.3 Å². The number of hydrogen-bond donors (Lipinski definition) is 2. The summed E-state index contributed by atoms with van der Waals surface area (Å²) >= 11 is 5.63. The minimum Gasteiger partial charge on any atom is -0.440 e. The highest BCUT2D eigenvalue weighted by Gasteiger charge is 2.10. The average Bonchev–Trinajstić information content (AvgIpc) is 2.83. The zero-order valence-electron chi connectivity index (χ0n) is 10.6. The van der Waals surface area contributed by atoms with Crippen LogP contribution in [0.4, 0.5) is 5.69 Å². The van der Waals surface area contributed by atoms with Crippen LogP contribution in [0.1, 0.15) is 23.0 Å². The van der Waals surface area contributed by atoms with Crippen molar-refractivity contribution in [1.29, 1.82) is 0 Å².